The lowest BCUT2D eigenvalue weighted by Crippen LogP contribution is -2.35. The molecule has 1 fully saturated rings. The van der Waals surface area contributed by atoms with E-state index in [0.717, 1.165) is 26.1 Å². The van der Waals surface area contributed by atoms with Gasteiger partial charge in [0.1, 0.15) is 16.5 Å². The van der Waals surface area contributed by atoms with Gasteiger partial charge in [-0.25, -0.2) is 4.98 Å². The molecule has 1 aromatic carbocycles. The highest BCUT2D eigenvalue weighted by atomic mass is 32.1. The van der Waals surface area contributed by atoms with Crippen LogP contribution >= 0.6 is 11.3 Å². The van der Waals surface area contributed by atoms with Crippen LogP contribution in [0.5, 0.6) is 11.5 Å². The molecule has 6 nitrogen and oxygen atoms in total. The number of thiazole rings is 1. The largest absolute Gasteiger partial charge is 0.497 e. The second-order valence-electron chi connectivity index (χ2n) is 8.25. The zero-order chi connectivity index (χ0) is 21.5. The zero-order valence-corrected chi connectivity index (χ0v) is 19.3. The Bertz CT molecular complexity index is 815. The van der Waals surface area contributed by atoms with E-state index >= 15 is 0 Å². The lowest BCUT2D eigenvalue weighted by molar-refractivity contribution is -0.116. The predicted molar refractivity (Wildman–Crippen MR) is 122 cm³/mol. The summed E-state index contributed by atoms with van der Waals surface area (Å²) in [6, 6.07) is 5.41. The minimum Gasteiger partial charge on any atom is -0.497 e. The molecule has 0 aliphatic carbocycles. The maximum absolute atomic E-state index is 12.5. The number of hydrogen-bond donors (Lipinski definition) is 1. The van der Waals surface area contributed by atoms with E-state index < -0.39 is 0 Å². The van der Waals surface area contributed by atoms with Crippen molar-refractivity contribution in [3.8, 4) is 11.5 Å². The third-order valence-corrected chi connectivity index (χ3v) is 6.39. The molecule has 1 saturated heterocycles. The van der Waals surface area contributed by atoms with Crippen LogP contribution in [0.25, 0.3) is 0 Å². The predicted octanol–water partition coefficient (Wildman–Crippen LogP) is 4.91. The molecule has 30 heavy (non-hydrogen) atoms. The van der Waals surface area contributed by atoms with Gasteiger partial charge in [-0.3, -0.25) is 9.69 Å². The van der Waals surface area contributed by atoms with Crippen LogP contribution in [0.2, 0.25) is 0 Å². The van der Waals surface area contributed by atoms with Gasteiger partial charge in [-0.2, -0.15) is 0 Å². The van der Waals surface area contributed by atoms with E-state index in [1.54, 1.807) is 31.6 Å². The summed E-state index contributed by atoms with van der Waals surface area (Å²) >= 11 is 1.76. The van der Waals surface area contributed by atoms with Crippen molar-refractivity contribution < 1.29 is 14.3 Å². The summed E-state index contributed by atoms with van der Waals surface area (Å²) in [7, 11) is 3.20. The van der Waals surface area contributed by atoms with Crippen LogP contribution in [0, 0.1) is 5.92 Å². The molecule has 1 unspecified atom stereocenters. The summed E-state index contributed by atoms with van der Waals surface area (Å²) < 4.78 is 10.5. The average Bonchev–Trinajstić information content (AvgIpc) is 3.21. The number of hydrogen-bond acceptors (Lipinski definition) is 6. The van der Waals surface area contributed by atoms with Crippen molar-refractivity contribution in [1.82, 2.24) is 9.88 Å². The third-order valence-electron chi connectivity index (χ3n) is 5.54. The summed E-state index contributed by atoms with van der Waals surface area (Å²) in [6.45, 7) is 7.44. The van der Waals surface area contributed by atoms with E-state index in [2.05, 4.69) is 29.4 Å². The summed E-state index contributed by atoms with van der Waals surface area (Å²) in [5.74, 6) is 2.38. The van der Waals surface area contributed by atoms with Crippen LogP contribution in [0.3, 0.4) is 0 Å². The molecule has 2 aromatic rings. The first kappa shape index (κ1) is 22.6. The van der Waals surface area contributed by atoms with Crippen LogP contribution in [0.4, 0.5) is 5.69 Å². The number of aromatic nitrogens is 1. The first-order chi connectivity index (χ1) is 14.5. The van der Waals surface area contributed by atoms with Gasteiger partial charge < -0.3 is 14.8 Å². The summed E-state index contributed by atoms with van der Waals surface area (Å²) in [4.78, 5) is 19.7. The molecule has 1 N–H and O–H groups in total. The minimum atomic E-state index is 0.0314. The number of methoxy groups -OCH3 is 2. The number of carbonyl (C=O) groups is 1. The lowest BCUT2D eigenvalue weighted by atomic mass is 9.93. The van der Waals surface area contributed by atoms with Crippen molar-refractivity contribution in [3.63, 3.8) is 0 Å². The van der Waals surface area contributed by atoms with Crippen molar-refractivity contribution in [2.75, 3.05) is 32.6 Å². The van der Waals surface area contributed by atoms with Crippen LogP contribution in [-0.2, 0) is 11.3 Å². The number of ether oxygens (including phenoxy) is 2. The Morgan fingerprint density at radius 1 is 1.27 bits per heavy atom. The smallest absolute Gasteiger partial charge is 0.224 e. The van der Waals surface area contributed by atoms with Gasteiger partial charge in [0.25, 0.3) is 0 Å². The summed E-state index contributed by atoms with van der Waals surface area (Å²) in [5.41, 5.74) is 1.89. The van der Waals surface area contributed by atoms with Crippen LogP contribution < -0.4 is 14.8 Å². The second kappa shape index (κ2) is 10.8. The van der Waals surface area contributed by atoms with Crippen molar-refractivity contribution in [3.05, 3.63) is 34.3 Å². The van der Waals surface area contributed by atoms with Gasteiger partial charge in [0, 0.05) is 42.2 Å². The molecular formula is C23H33N3O3S. The molecular weight excluding hydrogens is 398 g/mol. The number of carbonyl (C=O) groups excluding carboxylic acids is 1. The van der Waals surface area contributed by atoms with E-state index in [1.807, 2.05) is 12.1 Å². The first-order valence-electron chi connectivity index (χ1n) is 10.7. The number of anilines is 1. The third kappa shape index (κ3) is 6.44. The highest BCUT2D eigenvalue weighted by Gasteiger charge is 2.22. The van der Waals surface area contributed by atoms with E-state index in [-0.39, 0.29) is 5.91 Å². The van der Waals surface area contributed by atoms with E-state index in [1.165, 1.54) is 23.5 Å². The topological polar surface area (TPSA) is 63.7 Å². The molecule has 0 spiro atoms. The molecule has 0 radical (unpaired) electrons. The van der Waals surface area contributed by atoms with Crippen LogP contribution in [0.1, 0.15) is 56.2 Å². The molecule has 1 amide bonds. The number of nitrogens with zero attached hydrogens (tertiary/aromatic N) is 2. The number of benzene rings is 1. The summed E-state index contributed by atoms with van der Waals surface area (Å²) in [5, 5.41) is 6.35. The van der Waals surface area contributed by atoms with E-state index in [4.69, 9.17) is 14.5 Å². The molecule has 7 heteroatoms. The monoisotopic (exact) mass is 431 g/mol. The van der Waals surface area contributed by atoms with E-state index in [0.29, 0.717) is 35.4 Å². The summed E-state index contributed by atoms with van der Waals surface area (Å²) in [6.07, 6.45) is 3.79. The molecule has 1 aliphatic heterocycles. The standard InChI is InChI=1S/C23H33N3O3S/c1-16(2)21-15-30-23(25-21)14-26-9-5-6-17(13-26)7-8-22(27)24-18-10-19(28-3)12-20(11-18)29-4/h10-12,15-17H,5-9,13-14H2,1-4H3,(H,24,27). The van der Waals surface area contributed by atoms with Crippen LogP contribution in [0.15, 0.2) is 23.6 Å². The Labute approximate surface area is 183 Å². The molecule has 1 atom stereocenters. The maximum Gasteiger partial charge on any atom is 0.224 e. The number of amides is 1. The Morgan fingerprint density at radius 3 is 2.63 bits per heavy atom. The molecule has 2 heterocycles. The highest BCUT2D eigenvalue weighted by molar-refractivity contribution is 7.09. The SMILES string of the molecule is COc1cc(NC(=O)CCC2CCCN(Cc3nc(C(C)C)cs3)C2)cc(OC)c1. The zero-order valence-electron chi connectivity index (χ0n) is 18.4. The molecule has 1 aliphatic rings. The Hall–Kier alpha value is -2.12. The minimum absolute atomic E-state index is 0.0314. The van der Waals surface area contributed by atoms with Gasteiger partial charge in [0.2, 0.25) is 5.91 Å². The quantitative estimate of drug-likeness (QED) is 0.611. The number of likely N-dealkylation sites (tertiary alicyclic amines) is 1. The molecule has 0 bridgehead atoms. The first-order valence-corrected chi connectivity index (χ1v) is 11.5. The average molecular weight is 432 g/mol. The van der Waals surface area contributed by atoms with Gasteiger partial charge in [0.15, 0.2) is 0 Å². The van der Waals surface area contributed by atoms with Crippen molar-refractivity contribution in [2.24, 2.45) is 5.92 Å². The molecule has 0 saturated carbocycles. The van der Waals surface area contributed by atoms with Gasteiger partial charge in [-0.1, -0.05) is 13.8 Å². The van der Waals surface area contributed by atoms with Crippen molar-refractivity contribution >= 4 is 22.9 Å². The number of rotatable bonds is 9. The van der Waals surface area contributed by atoms with Gasteiger partial charge >= 0.3 is 0 Å². The highest BCUT2D eigenvalue weighted by Crippen LogP contribution is 2.27. The van der Waals surface area contributed by atoms with Crippen molar-refractivity contribution in [2.45, 2.75) is 52.0 Å². The fraction of sp³-hybridized carbons (Fsp3) is 0.565. The van der Waals surface area contributed by atoms with E-state index in [9.17, 15) is 4.79 Å². The normalized spacial score (nSPS) is 17.2. The van der Waals surface area contributed by atoms with Gasteiger partial charge in [-0.05, 0) is 37.6 Å². The number of nitrogens with one attached hydrogen (secondary N) is 1. The second-order valence-corrected chi connectivity index (χ2v) is 9.20. The molecule has 164 valence electrons. The van der Waals surface area contributed by atoms with Gasteiger partial charge in [0.05, 0.1) is 26.5 Å². The number of piperidine rings is 1. The Morgan fingerprint density at radius 2 is 2.00 bits per heavy atom. The lowest BCUT2D eigenvalue weighted by Gasteiger charge is -2.32. The fourth-order valence-corrected chi connectivity index (χ4v) is 4.82. The van der Waals surface area contributed by atoms with Crippen LogP contribution in [-0.4, -0.2) is 43.1 Å². The fourth-order valence-electron chi connectivity index (χ4n) is 3.82. The maximum atomic E-state index is 12.5. The van der Waals surface area contributed by atoms with Gasteiger partial charge in [-0.15, -0.1) is 11.3 Å². The molecule has 3 rings (SSSR count). The molecule has 1 aromatic heterocycles. The Balaban J connectivity index is 1.47. The Kier molecular flexibility index (Phi) is 8.10. The van der Waals surface area contributed by atoms with Crippen molar-refractivity contribution in [1.29, 1.82) is 0 Å².